The van der Waals surface area contributed by atoms with Crippen LogP contribution in [-0.2, 0) is 4.74 Å². The molecule has 0 saturated heterocycles. The highest BCUT2D eigenvalue weighted by Gasteiger charge is 2.30. The quantitative estimate of drug-likeness (QED) is 0.327. The number of hydrogen-bond acceptors (Lipinski definition) is 4. The van der Waals surface area contributed by atoms with Crippen molar-refractivity contribution in [2.45, 2.75) is 38.3 Å². The Hall–Kier alpha value is -3.63. The third-order valence-electron chi connectivity index (χ3n) is 7.10. The average Bonchev–Trinajstić information content (AvgIpc) is 2.90. The molecule has 35 heavy (non-hydrogen) atoms. The second-order valence-corrected chi connectivity index (χ2v) is 9.33. The lowest BCUT2D eigenvalue weighted by molar-refractivity contribution is 0.0599. The van der Waals surface area contributed by atoms with Crippen molar-refractivity contribution >= 4 is 16.7 Å². The van der Waals surface area contributed by atoms with E-state index in [1.807, 2.05) is 37.3 Å². The molecular weight excluding hydrogens is 434 g/mol. The van der Waals surface area contributed by atoms with Crippen molar-refractivity contribution in [2.24, 2.45) is 0 Å². The van der Waals surface area contributed by atoms with Gasteiger partial charge in [0.15, 0.2) is 0 Å². The van der Waals surface area contributed by atoms with Gasteiger partial charge in [-0.15, -0.1) is 0 Å². The predicted molar refractivity (Wildman–Crippen MR) is 140 cm³/mol. The van der Waals surface area contributed by atoms with Crippen molar-refractivity contribution in [3.05, 3.63) is 113 Å². The summed E-state index contributed by atoms with van der Waals surface area (Å²) < 4.78 is 11.4. The highest BCUT2D eigenvalue weighted by molar-refractivity contribution is 5.91. The minimum atomic E-state index is -0.299. The molecule has 0 fully saturated rings. The zero-order valence-corrected chi connectivity index (χ0v) is 20.5. The van der Waals surface area contributed by atoms with E-state index in [1.54, 1.807) is 0 Å². The van der Waals surface area contributed by atoms with Gasteiger partial charge in [-0.05, 0) is 59.9 Å². The van der Waals surface area contributed by atoms with Crippen molar-refractivity contribution in [3.63, 3.8) is 0 Å². The molecule has 1 aliphatic rings. The van der Waals surface area contributed by atoms with Gasteiger partial charge in [-0.2, -0.15) is 0 Å². The fourth-order valence-electron chi connectivity index (χ4n) is 5.17. The molecule has 0 aliphatic carbocycles. The molecule has 178 valence electrons. The molecule has 1 heterocycles. The summed E-state index contributed by atoms with van der Waals surface area (Å²) in [6.07, 6.45) is 0.839. The first-order valence-corrected chi connectivity index (χ1v) is 12.2. The monoisotopic (exact) mass is 465 g/mol. The van der Waals surface area contributed by atoms with E-state index in [-0.39, 0.29) is 24.0 Å². The lowest BCUT2D eigenvalue weighted by Crippen LogP contribution is -2.37. The topological polar surface area (TPSA) is 47.6 Å². The van der Waals surface area contributed by atoms with E-state index in [0.29, 0.717) is 5.56 Å². The smallest absolute Gasteiger partial charge is 0.338 e. The molecule has 4 nitrogen and oxygen atoms in total. The van der Waals surface area contributed by atoms with Crippen molar-refractivity contribution in [1.82, 2.24) is 5.32 Å². The molecule has 0 amide bonds. The van der Waals surface area contributed by atoms with Crippen LogP contribution in [0.2, 0.25) is 0 Å². The number of rotatable bonds is 6. The summed E-state index contributed by atoms with van der Waals surface area (Å²) in [6, 6.07) is 29.5. The highest BCUT2D eigenvalue weighted by Crippen LogP contribution is 2.41. The first-order chi connectivity index (χ1) is 17.0. The van der Waals surface area contributed by atoms with Crippen LogP contribution >= 0.6 is 0 Å². The number of carbonyl (C=O) groups is 1. The Morgan fingerprint density at radius 1 is 1.03 bits per heavy atom. The molecule has 5 rings (SSSR count). The summed E-state index contributed by atoms with van der Waals surface area (Å²) in [6.45, 7) is 4.87. The maximum Gasteiger partial charge on any atom is 0.338 e. The second-order valence-electron chi connectivity index (χ2n) is 9.33. The molecule has 4 aromatic rings. The first kappa shape index (κ1) is 23.1. The van der Waals surface area contributed by atoms with Gasteiger partial charge in [0, 0.05) is 24.1 Å². The van der Waals surface area contributed by atoms with Crippen LogP contribution in [0.15, 0.2) is 84.9 Å². The molecular formula is C31H31NO3. The van der Waals surface area contributed by atoms with E-state index >= 15 is 0 Å². The number of esters is 1. The van der Waals surface area contributed by atoms with Gasteiger partial charge in [0.25, 0.3) is 0 Å². The molecule has 3 unspecified atom stereocenters. The Bertz CT molecular complexity index is 1360. The highest BCUT2D eigenvalue weighted by atomic mass is 16.5. The van der Waals surface area contributed by atoms with Gasteiger partial charge in [-0.3, -0.25) is 0 Å². The fraction of sp³-hybridized carbons (Fsp3) is 0.258. The number of para-hydroxylation sites is 1. The van der Waals surface area contributed by atoms with E-state index in [0.717, 1.165) is 35.4 Å². The molecule has 0 radical (unpaired) electrons. The van der Waals surface area contributed by atoms with Crippen LogP contribution in [0, 0.1) is 6.92 Å². The lowest BCUT2D eigenvalue weighted by atomic mass is 9.83. The van der Waals surface area contributed by atoms with Gasteiger partial charge in [0.1, 0.15) is 11.9 Å². The summed E-state index contributed by atoms with van der Waals surface area (Å²) in [5.41, 5.74) is 5.10. The van der Waals surface area contributed by atoms with E-state index in [1.165, 1.54) is 23.4 Å². The predicted octanol–water partition coefficient (Wildman–Crippen LogP) is 6.57. The largest absolute Gasteiger partial charge is 0.489 e. The standard InChI is InChI=1S/C31H31NO3/c1-20-15-16-23(17-28(20)31(33)34-3)29-18-24(35-30-14-7-6-12-27(29)30)19-32-21(2)25-13-8-10-22-9-4-5-11-26(22)25/h4-17,21,24,29,32H,18-19H2,1-3H3. The molecule has 1 N–H and O–H groups in total. The summed E-state index contributed by atoms with van der Waals surface area (Å²) in [7, 11) is 1.43. The van der Waals surface area contributed by atoms with Gasteiger partial charge < -0.3 is 14.8 Å². The average molecular weight is 466 g/mol. The van der Waals surface area contributed by atoms with Crippen molar-refractivity contribution in [3.8, 4) is 5.75 Å². The van der Waals surface area contributed by atoms with Crippen molar-refractivity contribution in [1.29, 1.82) is 0 Å². The summed E-state index contributed by atoms with van der Waals surface area (Å²) in [4.78, 5) is 12.3. The number of nitrogens with one attached hydrogen (secondary N) is 1. The molecule has 0 spiro atoms. The Balaban J connectivity index is 1.39. The van der Waals surface area contributed by atoms with E-state index in [2.05, 4.69) is 66.8 Å². The summed E-state index contributed by atoms with van der Waals surface area (Å²) in [5.74, 6) is 0.754. The zero-order chi connectivity index (χ0) is 24.4. The number of benzene rings is 4. The van der Waals surface area contributed by atoms with Crippen LogP contribution < -0.4 is 10.1 Å². The van der Waals surface area contributed by atoms with Gasteiger partial charge in [-0.1, -0.05) is 72.8 Å². The number of fused-ring (bicyclic) bond motifs is 2. The van der Waals surface area contributed by atoms with Crippen LogP contribution in [0.3, 0.4) is 0 Å². The Morgan fingerprint density at radius 3 is 2.66 bits per heavy atom. The molecule has 3 atom stereocenters. The van der Waals surface area contributed by atoms with Crippen molar-refractivity contribution < 1.29 is 14.3 Å². The zero-order valence-electron chi connectivity index (χ0n) is 20.5. The Kier molecular flexibility index (Phi) is 6.56. The first-order valence-electron chi connectivity index (χ1n) is 12.2. The number of methoxy groups -OCH3 is 1. The van der Waals surface area contributed by atoms with Gasteiger partial charge >= 0.3 is 5.97 Å². The minimum Gasteiger partial charge on any atom is -0.489 e. The molecule has 0 aromatic heterocycles. The second kappa shape index (κ2) is 9.93. The van der Waals surface area contributed by atoms with Crippen LogP contribution in [-0.4, -0.2) is 25.7 Å². The summed E-state index contributed by atoms with van der Waals surface area (Å²) in [5, 5.41) is 6.24. The van der Waals surface area contributed by atoms with E-state index in [4.69, 9.17) is 9.47 Å². The minimum absolute atomic E-state index is 0.00945. The maximum atomic E-state index is 12.3. The number of hydrogen-bond donors (Lipinski definition) is 1. The maximum absolute atomic E-state index is 12.3. The van der Waals surface area contributed by atoms with Gasteiger partial charge in [0.05, 0.1) is 12.7 Å². The van der Waals surface area contributed by atoms with Crippen molar-refractivity contribution in [2.75, 3.05) is 13.7 Å². The third kappa shape index (κ3) is 4.67. The SMILES string of the molecule is COC(=O)c1cc(C2CC(CNC(C)c3cccc4ccccc34)Oc3ccccc32)ccc1C. The van der Waals surface area contributed by atoms with Crippen LogP contribution in [0.1, 0.15) is 57.9 Å². The molecule has 0 bridgehead atoms. The summed E-state index contributed by atoms with van der Waals surface area (Å²) >= 11 is 0. The van der Waals surface area contributed by atoms with E-state index in [9.17, 15) is 4.79 Å². The fourth-order valence-corrected chi connectivity index (χ4v) is 5.17. The number of aryl methyl sites for hydroxylation is 1. The molecule has 0 saturated carbocycles. The van der Waals surface area contributed by atoms with Crippen LogP contribution in [0.5, 0.6) is 5.75 Å². The molecule has 4 aromatic carbocycles. The Morgan fingerprint density at radius 2 is 1.80 bits per heavy atom. The normalized spacial score (nSPS) is 17.9. The van der Waals surface area contributed by atoms with Crippen LogP contribution in [0.4, 0.5) is 0 Å². The number of ether oxygens (including phenoxy) is 2. The number of carbonyl (C=O) groups excluding carboxylic acids is 1. The van der Waals surface area contributed by atoms with Gasteiger partial charge in [-0.25, -0.2) is 4.79 Å². The third-order valence-corrected chi connectivity index (χ3v) is 7.10. The lowest BCUT2D eigenvalue weighted by Gasteiger charge is -2.33. The van der Waals surface area contributed by atoms with E-state index < -0.39 is 0 Å². The molecule has 1 aliphatic heterocycles. The van der Waals surface area contributed by atoms with Crippen LogP contribution in [0.25, 0.3) is 10.8 Å². The van der Waals surface area contributed by atoms with Gasteiger partial charge in [0.2, 0.25) is 0 Å². The molecule has 4 heteroatoms. The Labute approximate surface area is 206 Å².